The summed E-state index contributed by atoms with van der Waals surface area (Å²) in [4.78, 5) is 11.8. The van der Waals surface area contributed by atoms with Gasteiger partial charge in [0.1, 0.15) is 5.75 Å². The van der Waals surface area contributed by atoms with Gasteiger partial charge in [0.25, 0.3) is 0 Å². The number of amides is 1. The molecule has 4 nitrogen and oxygen atoms in total. The van der Waals surface area contributed by atoms with E-state index in [9.17, 15) is 4.79 Å². The number of methoxy groups -OCH3 is 1. The van der Waals surface area contributed by atoms with Gasteiger partial charge in [0, 0.05) is 12.5 Å². The highest BCUT2D eigenvalue weighted by Crippen LogP contribution is 2.19. The van der Waals surface area contributed by atoms with Crippen molar-refractivity contribution in [2.45, 2.75) is 25.8 Å². The highest BCUT2D eigenvalue weighted by Gasteiger charge is 2.21. The van der Waals surface area contributed by atoms with Crippen molar-refractivity contribution < 1.29 is 9.53 Å². The standard InChI is InChI=1S/C15H22N2O2/c1-11(17-15(18)8-12-9-16-10-12)7-13-5-3-4-6-14(13)19-2/h3-6,11-12,16H,7-10H2,1-2H3,(H,17,18). The average molecular weight is 262 g/mol. The van der Waals surface area contributed by atoms with Gasteiger partial charge in [0.05, 0.1) is 7.11 Å². The molecular formula is C15H22N2O2. The molecule has 0 aliphatic carbocycles. The van der Waals surface area contributed by atoms with Crippen LogP contribution in [-0.2, 0) is 11.2 Å². The molecule has 1 amide bonds. The van der Waals surface area contributed by atoms with Crippen molar-refractivity contribution in [2.24, 2.45) is 5.92 Å². The molecule has 0 spiro atoms. The molecule has 1 aliphatic rings. The van der Waals surface area contributed by atoms with Crippen molar-refractivity contribution in [3.05, 3.63) is 29.8 Å². The monoisotopic (exact) mass is 262 g/mol. The Kier molecular flexibility index (Phi) is 4.80. The van der Waals surface area contributed by atoms with E-state index in [0.717, 1.165) is 30.8 Å². The molecule has 1 atom stereocenters. The summed E-state index contributed by atoms with van der Waals surface area (Å²) in [7, 11) is 1.67. The summed E-state index contributed by atoms with van der Waals surface area (Å²) in [6, 6.07) is 8.06. The van der Waals surface area contributed by atoms with Crippen molar-refractivity contribution in [1.82, 2.24) is 10.6 Å². The smallest absolute Gasteiger partial charge is 0.220 e. The van der Waals surface area contributed by atoms with Crippen molar-refractivity contribution in [1.29, 1.82) is 0 Å². The Morgan fingerprint density at radius 1 is 1.47 bits per heavy atom. The molecule has 1 fully saturated rings. The van der Waals surface area contributed by atoms with Crippen molar-refractivity contribution in [3.8, 4) is 5.75 Å². The number of hydrogen-bond acceptors (Lipinski definition) is 3. The summed E-state index contributed by atoms with van der Waals surface area (Å²) in [5, 5.41) is 6.23. The number of carbonyl (C=O) groups is 1. The summed E-state index contributed by atoms with van der Waals surface area (Å²) < 4.78 is 5.32. The molecule has 104 valence electrons. The molecule has 0 bridgehead atoms. The Bertz CT molecular complexity index is 430. The fourth-order valence-corrected chi connectivity index (χ4v) is 2.34. The maximum absolute atomic E-state index is 11.8. The number of para-hydroxylation sites is 1. The van der Waals surface area contributed by atoms with Crippen molar-refractivity contribution >= 4 is 5.91 Å². The van der Waals surface area contributed by atoms with Crippen LogP contribution in [0.3, 0.4) is 0 Å². The molecule has 2 N–H and O–H groups in total. The van der Waals surface area contributed by atoms with E-state index in [4.69, 9.17) is 4.74 Å². The summed E-state index contributed by atoms with van der Waals surface area (Å²) >= 11 is 0. The van der Waals surface area contributed by atoms with Gasteiger partial charge in [-0.3, -0.25) is 4.79 Å². The first-order chi connectivity index (χ1) is 9.19. The first-order valence-corrected chi connectivity index (χ1v) is 6.81. The lowest BCUT2D eigenvalue weighted by Crippen LogP contribution is -2.45. The van der Waals surface area contributed by atoms with Crippen LogP contribution in [0.2, 0.25) is 0 Å². The second-order valence-electron chi connectivity index (χ2n) is 5.21. The van der Waals surface area contributed by atoms with Crippen LogP contribution in [0.4, 0.5) is 0 Å². The number of hydrogen-bond donors (Lipinski definition) is 2. The normalized spacial score (nSPS) is 16.5. The van der Waals surface area contributed by atoms with E-state index in [0.29, 0.717) is 12.3 Å². The van der Waals surface area contributed by atoms with Crippen LogP contribution in [0.25, 0.3) is 0 Å². The lowest BCUT2D eigenvalue weighted by molar-refractivity contribution is -0.122. The second kappa shape index (κ2) is 6.57. The molecule has 2 rings (SSSR count). The Morgan fingerprint density at radius 3 is 2.84 bits per heavy atom. The maximum atomic E-state index is 11.8. The summed E-state index contributed by atoms with van der Waals surface area (Å²) in [6.07, 6.45) is 1.42. The SMILES string of the molecule is COc1ccccc1CC(C)NC(=O)CC1CNC1. The topological polar surface area (TPSA) is 50.4 Å². The van der Waals surface area contributed by atoms with Gasteiger partial charge in [-0.1, -0.05) is 18.2 Å². The Morgan fingerprint density at radius 2 is 2.21 bits per heavy atom. The largest absolute Gasteiger partial charge is 0.496 e. The van der Waals surface area contributed by atoms with Gasteiger partial charge in [-0.05, 0) is 44.0 Å². The predicted molar refractivity (Wildman–Crippen MR) is 75.3 cm³/mol. The van der Waals surface area contributed by atoms with E-state index in [1.807, 2.05) is 31.2 Å². The van der Waals surface area contributed by atoms with E-state index >= 15 is 0 Å². The Balaban J connectivity index is 1.82. The molecule has 1 saturated heterocycles. The number of carbonyl (C=O) groups excluding carboxylic acids is 1. The summed E-state index contributed by atoms with van der Waals surface area (Å²) in [6.45, 7) is 3.96. The van der Waals surface area contributed by atoms with Gasteiger partial charge < -0.3 is 15.4 Å². The van der Waals surface area contributed by atoms with Crippen LogP contribution in [0.15, 0.2) is 24.3 Å². The highest BCUT2D eigenvalue weighted by molar-refractivity contribution is 5.76. The molecule has 1 aromatic carbocycles. The van der Waals surface area contributed by atoms with E-state index in [1.54, 1.807) is 7.11 Å². The molecule has 0 radical (unpaired) electrons. The Hall–Kier alpha value is -1.55. The molecular weight excluding hydrogens is 240 g/mol. The molecule has 1 aliphatic heterocycles. The lowest BCUT2D eigenvalue weighted by Gasteiger charge is -2.27. The quantitative estimate of drug-likeness (QED) is 0.813. The zero-order chi connectivity index (χ0) is 13.7. The molecule has 19 heavy (non-hydrogen) atoms. The predicted octanol–water partition coefficient (Wildman–Crippen LogP) is 1.35. The molecule has 0 saturated carbocycles. The van der Waals surface area contributed by atoms with E-state index in [-0.39, 0.29) is 11.9 Å². The molecule has 0 aromatic heterocycles. The lowest BCUT2D eigenvalue weighted by atomic mass is 9.98. The molecule has 1 aromatic rings. The van der Waals surface area contributed by atoms with Crippen LogP contribution in [-0.4, -0.2) is 32.1 Å². The average Bonchev–Trinajstić information content (AvgIpc) is 2.34. The third-order valence-corrected chi connectivity index (χ3v) is 3.47. The van der Waals surface area contributed by atoms with Gasteiger partial charge in [0.2, 0.25) is 5.91 Å². The highest BCUT2D eigenvalue weighted by atomic mass is 16.5. The second-order valence-corrected chi connectivity index (χ2v) is 5.21. The minimum Gasteiger partial charge on any atom is -0.496 e. The fourth-order valence-electron chi connectivity index (χ4n) is 2.34. The minimum atomic E-state index is 0.122. The summed E-state index contributed by atoms with van der Waals surface area (Å²) in [5.74, 6) is 1.54. The third-order valence-electron chi connectivity index (χ3n) is 3.47. The van der Waals surface area contributed by atoms with E-state index < -0.39 is 0 Å². The van der Waals surface area contributed by atoms with Crippen LogP contribution >= 0.6 is 0 Å². The number of nitrogens with one attached hydrogen (secondary N) is 2. The van der Waals surface area contributed by atoms with Crippen LogP contribution in [0.1, 0.15) is 18.9 Å². The van der Waals surface area contributed by atoms with Crippen molar-refractivity contribution in [2.75, 3.05) is 20.2 Å². The van der Waals surface area contributed by atoms with Crippen LogP contribution in [0.5, 0.6) is 5.75 Å². The van der Waals surface area contributed by atoms with Crippen molar-refractivity contribution in [3.63, 3.8) is 0 Å². The third kappa shape index (κ3) is 3.96. The van der Waals surface area contributed by atoms with E-state index in [2.05, 4.69) is 10.6 Å². The molecule has 4 heteroatoms. The van der Waals surface area contributed by atoms with Crippen LogP contribution in [0, 0.1) is 5.92 Å². The zero-order valence-electron chi connectivity index (χ0n) is 11.6. The Labute approximate surface area is 114 Å². The first-order valence-electron chi connectivity index (χ1n) is 6.81. The molecule has 1 heterocycles. The van der Waals surface area contributed by atoms with Gasteiger partial charge in [-0.2, -0.15) is 0 Å². The number of rotatable bonds is 6. The fraction of sp³-hybridized carbons (Fsp3) is 0.533. The van der Waals surface area contributed by atoms with Gasteiger partial charge in [-0.25, -0.2) is 0 Å². The summed E-state index contributed by atoms with van der Waals surface area (Å²) in [5.41, 5.74) is 1.13. The zero-order valence-corrected chi connectivity index (χ0v) is 11.6. The minimum absolute atomic E-state index is 0.122. The van der Waals surface area contributed by atoms with Gasteiger partial charge >= 0.3 is 0 Å². The number of benzene rings is 1. The van der Waals surface area contributed by atoms with Crippen LogP contribution < -0.4 is 15.4 Å². The van der Waals surface area contributed by atoms with Gasteiger partial charge in [0.15, 0.2) is 0 Å². The molecule has 1 unspecified atom stereocenters. The van der Waals surface area contributed by atoms with Gasteiger partial charge in [-0.15, -0.1) is 0 Å². The maximum Gasteiger partial charge on any atom is 0.220 e. The number of ether oxygens (including phenoxy) is 1. The van der Waals surface area contributed by atoms with E-state index in [1.165, 1.54) is 0 Å². The first kappa shape index (κ1) is 13.9.